The molecular weight excluding hydrogens is 388 g/mol. The third-order valence-corrected chi connectivity index (χ3v) is 5.63. The van der Waals surface area contributed by atoms with Crippen molar-refractivity contribution in [1.82, 2.24) is 9.97 Å². The van der Waals surface area contributed by atoms with Gasteiger partial charge in [0.1, 0.15) is 0 Å². The molecule has 3 rings (SSSR count). The molecule has 0 amide bonds. The van der Waals surface area contributed by atoms with E-state index in [1.165, 1.54) is 16.9 Å². The minimum atomic E-state index is 0.279. The molecule has 0 aliphatic carbocycles. The van der Waals surface area contributed by atoms with Gasteiger partial charge in [0.2, 0.25) is 0 Å². The summed E-state index contributed by atoms with van der Waals surface area (Å²) in [5, 5.41) is 0. The Morgan fingerprint density at radius 3 is 1.87 bits per heavy atom. The van der Waals surface area contributed by atoms with Crippen LogP contribution in [0.4, 0.5) is 0 Å². The van der Waals surface area contributed by atoms with Gasteiger partial charge >= 0.3 is 0 Å². The van der Waals surface area contributed by atoms with Gasteiger partial charge in [0, 0.05) is 36.7 Å². The molecule has 3 nitrogen and oxygen atoms in total. The van der Waals surface area contributed by atoms with Crippen molar-refractivity contribution in [3.05, 3.63) is 46.7 Å². The van der Waals surface area contributed by atoms with Crippen molar-refractivity contribution in [2.75, 3.05) is 13.2 Å². The summed E-state index contributed by atoms with van der Waals surface area (Å²) in [5.74, 6) is 2.26. The minimum absolute atomic E-state index is 0.279. The Kier molecular flexibility index (Phi) is 19.1. The van der Waals surface area contributed by atoms with Crippen LogP contribution < -0.4 is 0 Å². The van der Waals surface area contributed by atoms with Crippen molar-refractivity contribution < 1.29 is 4.74 Å². The SMILES string of the molecule is CC.CC.CC(C)(C)c1cncs1.CC(C)C1CCOC1.CC(C)c1cccnc1. The van der Waals surface area contributed by atoms with Crippen molar-refractivity contribution in [3.8, 4) is 0 Å². The first-order valence-corrected chi connectivity index (χ1v) is 12.5. The van der Waals surface area contributed by atoms with Gasteiger partial charge in [-0.2, -0.15) is 0 Å². The van der Waals surface area contributed by atoms with E-state index in [1.807, 2.05) is 51.7 Å². The zero-order chi connectivity index (χ0) is 23.6. The quantitative estimate of drug-likeness (QED) is 0.474. The maximum absolute atomic E-state index is 5.22. The summed E-state index contributed by atoms with van der Waals surface area (Å²) in [6, 6.07) is 4.06. The molecule has 3 heterocycles. The van der Waals surface area contributed by atoms with Crippen LogP contribution in [-0.4, -0.2) is 23.2 Å². The van der Waals surface area contributed by atoms with Gasteiger partial charge < -0.3 is 4.74 Å². The first-order chi connectivity index (χ1) is 14.2. The lowest BCUT2D eigenvalue weighted by Crippen LogP contribution is -2.07. The molecule has 1 atom stereocenters. The number of thiazole rings is 1. The lowest BCUT2D eigenvalue weighted by Gasteiger charge is -2.13. The summed E-state index contributed by atoms with van der Waals surface area (Å²) in [6.07, 6.45) is 6.92. The largest absolute Gasteiger partial charge is 0.381 e. The highest BCUT2D eigenvalue weighted by Crippen LogP contribution is 2.24. The lowest BCUT2D eigenvalue weighted by molar-refractivity contribution is 0.177. The predicted molar refractivity (Wildman–Crippen MR) is 136 cm³/mol. The molecule has 1 aliphatic heterocycles. The molecule has 30 heavy (non-hydrogen) atoms. The molecule has 0 spiro atoms. The summed E-state index contributed by atoms with van der Waals surface area (Å²) >= 11 is 1.72. The monoisotopic (exact) mass is 436 g/mol. The van der Waals surface area contributed by atoms with Crippen LogP contribution in [0.1, 0.15) is 98.9 Å². The van der Waals surface area contributed by atoms with Gasteiger partial charge in [0.25, 0.3) is 0 Å². The van der Waals surface area contributed by atoms with Gasteiger partial charge in [-0.1, -0.05) is 82.2 Å². The highest BCUT2D eigenvalue weighted by molar-refractivity contribution is 7.09. The van der Waals surface area contributed by atoms with E-state index in [4.69, 9.17) is 4.74 Å². The number of pyridine rings is 1. The van der Waals surface area contributed by atoms with E-state index < -0.39 is 0 Å². The van der Waals surface area contributed by atoms with E-state index in [1.54, 1.807) is 17.5 Å². The maximum atomic E-state index is 5.22. The van der Waals surface area contributed by atoms with E-state index in [0.29, 0.717) is 5.92 Å². The Hall–Kier alpha value is -1.26. The second-order valence-electron chi connectivity index (χ2n) is 8.42. The fourth-order valence-electron chi connectivity index (χ4n) is 2.38. The minimum Gasteiger partial charge on any atom is -0.381 e. The number of aromatic nitrogens is 2. The predicted octanol–water partition coefficient (Wildman–Crippen LogP) is 8.38. The van der Waals surface area contributed by atoms with Crippen molar-refractivity contribution >= 4 is 11.3 Å². The number of ether oxygens (including phenoxy) is 1. The van der Waals surface area contributed by atoms with E-state index >= 15 is 0 Å². The first kappa shape index (κ1) is 30.9. The normalized spacial score (nSPS) is 14.9. The highest BCUT2D eigenvalue weighted by Gasteiger charge is 2.18. The van der Waals surface area contributed by atoms with Gasteiger partial charge in [-0.3, -0.25) is 9.97 Å². The average molecular weight is 437 g/mol. The van der Waals surface area contributed by atoms with Crippen LogP contribution >= 0.6 is 11.3 Å². The van der Waals surface area contributed by atoms with Gasteiger partial charge in [0.05, 0.1) is 5.51 Å². The van der Waals surface area contributed by atoms with Crippen LogP contribution in [-0.2, 0) is 10.2 Å². The van der Waals surface area contributed by atoms with E-state index in [-0.39, 0.29) is 5.41 Å². The van der Waals surface area contributed by atoms with Gasteiger partial charge in [-0.05, 0) is 41.2 Å². The summed E-state index contributed by atoms with van der Waals surface area (Å²) in [5.41, 5.74) is 3.46. The zero-order valence-electron chi connectivity index (χ0n) is 21.5. The van der Waals surface area contributed by atoms with Gasteiger partial charge in [-0.25, -0.2) is 0 Å². The smallest absolute Gasteiger partial charge is 0.0794 e. The molecule has 0 N–H and O–H groups in total. The molecule has 0 bridgehead atoms. The van der Waals surface area contributed by atoms with Crippen molar-refractivity contribution in [1.29, 1.82) is 0 Å². The Bertz CT molecular complexity index is 569. The van der Waals surface area contributed by atoms with Crippen LogP contribution in [0.5, 0.6) is 0 Å². The Morgan fingerprint density at radius 1 is 1.00 bits per heavy atom. The summed E-state index contributed by atoms with van der Waals surface area (Å²) in [7, 11) is 0. The second kappa shape index (κ2) is 18.5. The van der Waals surface area contributed by atoms with Gasteiger partial charge in [0.15, 0.2) is 0 Å². The molecule has 4 heteroatoms. The second-order valence-corrected chi connectivity index (χ2v) is 9.31. The Morgan fingerprint density at radius 2 is 1.63 bits per heavy atom. The number of rotatable bonds is 2. The molecule has 0 radical (unpaired) electrons. The number of nitrogens with zero attached hydrogens (tertiary/aromatic N) is 2. The fraction of sp³-hybridized carbons (Fsp3) is 0.692. The molecule has 0 aromatic carbocycles. The van der Waals surface area contributed by atoms with Crippen LogP contribution in [0.15, 0.2) is 36.2 Å². The Balaban J connectivity index is 0. The number of hydrogen-bond donors (Lipinski definition) is 0. The van der Waals surface area contributed by atoms with Crippen LogP contribution in [0.3, 0.4) is 0 Å². The van der Waals surface area contributed by atoms with Crippen molar-refractivity contribution in [2.24, 2.45) is 11.8 Å². The average Bonchev–Trinajstić information content (AvgIpc) is 3.46. The fourth-order valence-corrected chi connectivity index (χ4v) is 3.09. The van der Waals surface area contributed by atoms with E-state index in [0.717, 1.165) is 25.0 Å². The summed E-state index contributed by atoms with van der Waals surface area (Å²) < 4.78 is 5.22. The summed E-state index contributed by atoms with van der Waals surface area (Å²) in [6.45, 7) is 25.4. The van der Waals surface area contributed by atoms with E-state index in [9.17, 15) is 0 Å². The molecule has 1 fully saturated rings. The van der Waals surface area contributed by atoms with Crippen LogP contribution in [0, 0.1) is 11.8 Å². The topological polar surface area (TPSA) is 35.0 Å². The van der Waals surface area contributed by atoms with Crippen molar-refractivity contribution in [2.45, 2.75) is 93.9 Å². The molecule has 1 aliphatic rings. The van der Waals surface area contributed by atoms with E-state index in [2.05, 4.69) is 64.5 Å². The molecule has 1 saturated heterocycles. The standard InChI is InChI=1S/C8H11N.C7H11NS.C7H14O.2C2H6/c1-7(2)8-4-3-5-9-6-8;1-7(2,3)6-4-8-5-9-6;1-6(2)7-3-4-8-5-7;2*1-2/h3-7H,1-2H3;4-5H,1-3H3;6-7H,3-5H2,1-2H3;2*1-2H3. The lowest BCUT2D eigenvalue weighted by atomic mass is 9.96. The molecule has 0 saturated carbocycles. The first-order valence-electron chi connectivity index (χ1n) is 11.6. The molecular formula is C26H48N2OS. The maximum Gasteiger partial charge on any atom is 0.0794 e. The third-order valence-electron chi connectivity index (χ3n) is 4.43. The number of hydrogen-bond acceptors (Lipinski definition) is 4. The third kappa shape index (κ3) is 14.7. The molecule has 1 unspecified atom stereocenters. The van der Waals surface area contributed by atoms with Gasteiger partial charge in [-0.15, -0.1) is 11.3 Å². The van der Waals surface area contributed by atoms with Crippen LogP contribution in [0.25, 0.3) is 0 Å². The Labute approximate surface area is 191 Å². The van der Waals surface area contributed by atoms with Crippen molar-refractivity contribution in [3.63, 3.8) is 0 Å². The highest BCUT2D eigenvalue weighted by atomic mass is 32.1. The zero-order valence-corrected chi connectivity index (χ0v) is 22.3. The summed E-state index contributed by atoms with van der Waals surface area (Å²) in [4.78, 5) is 9.36. The molecule has 2 aromatic rings. The van der Waals surface area contributed by atoms with Crippen LogP contribution in [0.2, 0.25) is 0 Å². The molecule has 174 valence electrons. The molecule has 2 aromatic heterocycles.